The summed E-state index contributed by atoms with van der Waals surface area (Å²) in [6.45, 7) is 0. The first-order valence-corrected chi connectivity index (χ1v) is 6.16. The number of benzene rings is 1. The highest BCUT2D eigenvalue weighted by Crippen LogP contribution is 2.20. The smallest absolute Gasteiger partial charge is 0.188 e. The van der Waals surface area contributed by atoms with Crippen LogP contribution in [0.2, 0.25) is 0 Å². The molecule has 0 saturated carbocycles. The van der Waals surface area contributed by atoms with Crippen molar-refractivity contribution < 1.29 is 4.79 Å². The van der Waals surface area contributed by atoms with Crippen molar-refractivity contribution in [1.29, 1.82) is 0 Å². The molecule has 6 heteroatoms. The predicted molar refractivity (Wildman–Crippen MR) is 75.2 cm³/mol. The molecule has 2 aromatic heterocycles. The summed E-state index contributed by atoms with van der Waals surface area (Å²) < 4.78 is 1.57. The van der Waals surface area contributed by atoms with E-state index in [2.05, 4.69) is 15.1 Å². The summed E-state index contributed by atoms with van der Waals surface area (Å²) in [5.41, 5.74) is 7.59. The van der Waals surface area contributed by atoms with Crippen LogP contribution in [0.15, 0.2) is 36.7 Å². The largest absolute Gasteiger partial charge is 0.398 e. The van der Waals surface area contributed by atoms with Gasteiger partial charge in [-0.25, -0.2) is 9.97 Å². The fraction of sp³-hybridized carbons (Fsp3) is 0.143. The van der Waals surface area contributed by atoms with E-state index >= 15 is 0 Å². The summed E-state index contributed by atoms with van der Waals surface area (Å²) in [5.74, 6) is 0.474. The molecule has 0 radical (unpaired) electrons. The molecule has 0 bridgehead atoms. The van der Waals surface area contributed by atoms with E-state index in [-0.39, 0.29) is 12.2 Å². The molecular weight excluding hydrogens is 254 g/mol. The Bertz CT molecular complexity index is 793. The van der Waals surface area contributed by atoms with E-state index in [1.165, 1.54) is 6.33 Å². The number of Topliss-reactive ketones (excluding diaryl/α,β-unsaturated/α-hetero) is 1. The summed E-state index contributed by atoms with van der Waals surface area (Å²) in [4.78, 5) is 20.7. The molecule has 0 aliphatic rings. The molecule has 3 aromatic rings. The van der Waals surface area contributed by atoms with Crippen LogP contribution in [0.25, 0.3) is 10.9 Å². The van der Waals surface area contributed by atoms with Crippen molar-refractivity contribution in [1.82, 2.24) is 19.7 Å². The lowest BCUT2D eigenvalue weighted by Gasteiger charge is -2.05. The standard InChI is InChI=1S/C14H13N5O/c1-19-14(16-8-17-19)7-13(20)12-6-10(15)9-4-2-3-5-11(9)18-12/h2-6,8H,7H2,1H3,(H2,15,18). The summed E-state index contributed by atoms with van der Waals surface area (Å²) >= 11 is 0. The maximum Gasteiger partial charge on any atom is 0.188 e. The van der Waals surface area contributed by atoms with Crippen LogP contribution in [0.4, 0.5) is 5.69 Å². The zero-order valence-electron chi connectivity index (χ0n) is 10.9. The summed E-state index contributed by atoms with van der Waals surface area (Å²) in [6, 6.07) is 9.09. The van der Waals surface area contributed by atoms with Gasteiger partial charge in [-0.3, -0.25) is 9.48 Å². The Morgan fingerprint density at radius 2 is 2.15 bits per heavy atom. The Morgan fingerprint density at radius 1 is 1.35 bits per heavy atom. The number of nitrogen functional groups attached to an aromatic ring is 1. The van der Waals surface area contributed by atoms with Gasteiger partial charge in [0.25, 0.3) is 0 Å². The van der Waals surface area contributed by atoms with E-state index in [1.807, 2.05) is 24.3 Å². The van der Waals surface area contributed by atoms with Crippen molar-refractivity contribution in [3.05, 3.63) is 48.2 Å². The summed E-state index contributed by atoms with van der Waals surface area (Å²) in [7, 11) is 1.75. The number of hydrogen-bond donors (Lipinski definition) is 1. The molecule has 6 nitrogen and oxygen atoms in total. The quantitative estimate of drug-likeness (QED) is 0.724. The lowest BCUT2D eigenvalue weighted by molar-refractivity contribution is 0.0985. The number of carbonyl (C=O) groups is 1. The second-order valence-electron chi connectivity index (χ2n) is 4.51. The highest BCUT2D eigenvalue weighted by atomic mass is 16.1. The van der Waals surface area contributed by atoms with Gasteiger partial charge in [-0.05, 0) is 12.1 Å². The van der Waals surface area contributed by atoms with Crippen molar-refractivity contribution in [2.24, 2.45) is 7.05 Å². The van der Waals surface area contributed by atoms with Gasteiger partial charge in [0, 0.05) is 18.1 Å². The molecule has 0 aliphatic heterocycles. The van der Waals surface area contributed by atoms with E-state index in [9.17, 15) is 4.79 Å². The maximum atomic E-state index is 12.3. The number of anilines is 1. The van der Waals surface area contributed by atoms with E-state index in [1.54, 1.807) is 17.8 Å². The van der Waals surface area contributed by atoms with Crippen LogP contribution in [0.1, 0.15) is 16.3 Å². The van der Waals surface area contributed by atoms with Crippen LogP contribution in [0, 0.1) is 0 Å². The number of nitrogens with two attached hydrogens (primary N) is 1. The third kappa shape index (κ3) is 2.11. The van der Waals surface area contributed by atoms with Gasteiger partial charge in [0.15, 0.2) is 5.78 Å². The van der Waals surface area contributed by atoms with Gasteiger partial charge in [0.1, 0.15) is 17.8 Å². The minimum absolute atomic E-state index is 0.126. The van der Waals surface area contributed by atoms with Gasteiger partial charge in [0.2, 0.25) is 0 Å². The number of rotatable bonds is 3. The minimum Gasteiger partial charge on any atom is -0.398 e. The molecule has 0 saturated heterocycles. The fourth-order valence-corrected chi connectivity index (χ4v) is 2.06. The first kappa shape index (κ1) is 12.3. The molecule has 2 N–H and O–H groups in total. The molecule has 1 aromatic carbocycles. The number of fused-ring (bicyclic) bond motifs is 1. The normalized spacial score (nSPS) is 10.8. The monoisotopic (exact) mass is 267 g/mol. The average molecular weight is 267 g/mol. The SMILES string of the molecule is Cn1ncnc1CC(=O)c1cc(N)c2ccccc2n1. The van der Waals surface area contributed by atoms with E-state index in [0.29, 0.717) is 22.7 Å². The van der Waals surface area contributed by atoms with Crippen LogP contribution in [-0.4, -0.2) is 25.5 Å². The molecule has 0 unspecified atom stereocenters. The first-order valence-electron chi connectivity index (χ1n) is 6.16. The van der Waals surface area contributed by atoms with Crippen molar-refractivity contribution in [2.75, 3.05) is 5.73 Å². The van der Waals surface area contributed by atoms with Crippen molar-refractivity contribution in [3.8, 4) is 0 Å². The van der Waals surface area contributed by atoms with Crippen molar-refractivity contribution >= 4 is 22.4 Å². The van der Waals surface area contributed by atoms with Crippen LogP contribution in [0.5, 0.6) is 0 Å². The lowest BCUT2D eigenvalue weighted by atomic mass is 10.1. The number of nitrogens with zero attached hydrogens (tertiary/aromatic N) is 4. The van der Waals surface area contributed by atoms with E-state index in [4.69, 9.17) is 5.73 Å². The van der Waals surface area contributed by atoms with Crippen LogP contribution in [0.3, 0.4) is 0 Å². The average Bonchev–Trinajstić information content (AvgIpc) is 2.84. The van der Waals surface area contributed by atoms with E-state index < -0.39 is 0 Å². The topological polar surface area (TPSA) is 86.7 Å². The fourth-order valence-electron chi connectivity index (χ4n) is 2.06. The molecule has 0 fully saturated rings. The Balaban J connectivity index is 1.98. The molecule has 2 heterocycles. The van der Waals surface area contributed by atoms with E-state index in [0.717, 1.165) is 5.39 Å². The highest BCUT2D eigenvalue weighted by molar-refractivity contribution is 6.00. The molecule has 100 valence electrons. The van der Waals surface area contributed by atoms with Gasteiger partial charge >= 0.3 is 0 Å². The Kier molecular flexibility index (Phi) is 2.90. The van der Waals surface area contributed by atoms with Crippen LogP contribution < -0.4 is 5.73 Å². The molecule has 3 rings (SSSR count). The van der Waals surface area contributed by atoms with Gasteiger partial charge < -0.3 is 5.73 Å². The van der Waals surface area contributed by atoms with Gasteiger partial charge in [-0.15, -0.1) is 0 Å². The number of aromatic nitrogens is 4. The van der Waals surface area contributed by atoms with Crippen molar-refractivity contribution in [2.45, 2.75) is 6.42 Å². The molecule has 0 atom stereocenters. The minimum atomic E-state index is -0.126. The maximum absolute atomic E-state index is 12.3. The van der Waals surface area contributed by atoms with Gasteiger partial charge in [-0.2, -0.15) is 5.10 Å². The third-order valence-electron chi connectivity index (χ3n) is 3.16. The first-order chi connectivity index (χ1) is 9.65. The second-order valence-corrected chi connectivity index (χ2v) is 4.51. The highest BCUT2D eigenvalue weighted by Gasteiger charge is 2.14. The molecular formula is C14H13N5O. The number of para-hydroxylation sites is 1. The molecule has 0 aliphatic carbocycles. The van der Waals surface area contributed by atoms with Crippen molar-refractivity contribution in [3.63, 3.8) is 0 Å². The Morgan fingerprint density at radius 3 is 2.90 bits per heavy atom. The zero-order valence-corrected chi connectivity index (χ0v) is 10.9. The number of ketones is 1. The van der Waals surface area contributed by atoms with Crippen LogP contribution in [-0.2, 0) is 13.5 Å². The Hall–Kier alpha value is -2.76. The number of aryl methyl sites for hydroxylation is 1. The zero-order chi connectivity index (χ0) is 14.1. The molecule has 0 amide bonds. The molecule has 20 heavy (non-hydrogen) atoms. The number of carbonyl (C=O) groups excluding carboxylic acids is 1. The van der Waals surface area contributed by atoms with Crippen LogP contribution >= 0.6 is 0 Å². The lowest BCUT2D eigenvalue weighted by Crippen LogP contribution is -2.11. The summed E-state index contributed by atoms with van der Waals surface area (Å²) in [6.07, 6.45) is 1.58. The number of hydrogen-bond acceptors (Lipinski definition) is 5. The Labute approximate surface area is 115 Å². The predicted octanol–water partition coefficient (Wildman–Crippen LogP) is 1.37. The van der Waals surface area contributed by atoms with Gasteiger partial charge in [-0.1, -0.05) is 18.2 Å². The second kappa shape index (κ2) is 4.73. The number of pyridine rings is 1. The van der Waals surface area contributed by atoms with Gasteiger partial charge in [0.05, 0.1) is 11.9 Å². The summed E-state index contributed by atoms with van der Waals surface area (Å²) in [5, 5.41) is 4.79. The molecule has 0 spiro atoms. The third-order valence-corrected chi connectivity index (χ3v) is 3.16.